The van der Waals surface area contributed by atoms with E-state index >= 15 is 0 Å². The molecule has 1 atom stereocenters. The molecule has 1 amide bonds. The lowest BCUT2D eigenvalue weighted by atomic mass is 9.80. The van der Waals surface area contributed by atoms with Gasteiger partial charge in [-0.2, -0.15) is 0 Å². The fourth-order valence-corrected chi connectivity index (χ4v) is 2.60. The van der Waals surface area contributed by atoms with Crippen LogP contribution in [0.2, 0.25) is 0 Å². The molecule has 1 aromatic rings. The van der Waals surface area contributed by atoms with Crippen molar-refractivity contribution in [2.45, 2.75) is 39.7 Å². The second kappa shape index (κ2) is 5.74. The van der Waals surface area contributed by atoms with E-state index in [2.05, 4.69) is 49.6 Å². The maximum absolute atomic E-state index is 12.4. The quantitative estimate of drug-likeness (QED) is 0.877. The number of carbonyl (C=O) groups excluding carboxylic acids is 1. The summed E-state index contributed by atoms with van der Waals surface area (Å²) in [6.07, 6.45) is 1.83. The molecule has 0 spiro atoms. The lowest BCUT2D eigenvalue weighted by Gasteiger charge is -2.33. The number of aryl methyl sites for hydroxylation is 1. The van der Waals surface area contributed by atoms with Gasteiger partial charge in [-0.3, -0.25) is 4.79 Å². The minimum absolute atomic E-state index is 0.0686. The molecule has 104 valence electrons. The van der Waals surface area contributed by atoms with Crippen LogP contribution in [0.25, 0.3) is 0 Å². The van der Waals surface area contributed by atoms with Crippen LogP contribution in [-0.4, -0.2) is 19.0 Å². The number of rotatable bonds is 3. The zero-order valence-electron chi connectivity index (χ0n) is 12.1. The molecule has 2 N–H and O–H groups in total. The van der Waals surface area contributed by atoms with E-state index in [-0.39, 0.29) is 17.4 Å². The highest BCUT2D eigenvalue weighted by Crippen LogP contribution is 2.29. The average molecular weight is 260 g/mol. The van der Waals surface area contributed by atoms with Gasteiger partial charge in [-0.1, -0.05) is 36.8 Å². The number of nitrogens with one attached hydrogen (secondary N) is 2. The van der Waals surface area contributed by atoms with E-state index in [4.69, 9.17) is 0 Å². The van der Waals surface area contributed by atoms with E-state index in [1.165, 1.54) is 11.1 Å². The Kier molecular flexibility index (Phi) is 4.25. The molecule has 0 aliphatic carbocycles. The van der Waals surface area contributed by atoms with Gasteiger partial charge in [-0.15, -0.1) is 0 Å². The molecular weight excluding hydrogens is 236 g/mol. The lowest BCUT2D eigenvalue weighted by Crippen LogP contribution is -2.46. The number of piperidine rings is 1. The molecular formula is C16H24N2O. The van der Waals surface area contributed by atoms with Crippen LogP contribution < -0.4 is 10.6 Å². The minimum Gasteiger partial charge on any atom is -0.349 e. The van der Waals surface area contributed by atoms with Crippen molar-refractivity contribution in [3.05, 3.63) is 35.4 Å². The Morgan fingerprint density at radius 3 is 2.68 bits per heavy atom. The van der Waals surface area contributed by atoms with Gasteiger partial charge in [0, 0.05) is 5.41 Å². The molecule has 3 nitrogen and oxygen atoms in total. The van der Waals surface area contributed by atoms with Crippen LogP contribution >= 0.6 is 0 Å². The number of hydrogen-bond donors (Lipinski definition) is 2. The van der Waals surface area contributed by atoms with Crippen LogP contribution in [-0.2, 0) is 4.79 Å². The molecule has 19 heavy (non-hydrogen) atoms. The third-order valence-electron chi connectivity index (χ3n) is 4.15. The summed E-state index contributed by atoms with van der Waals surface area (Å²) >= 11 is 0. The van der Waals surface area contributed by atoms with Gasteiger partial charge in [-0.05, 0) is 45.3 Å². The SMILES string of the molecule is Cc1cccc([C@@H](C)NC(=O)C2(C)CCNCC2)c1. The maximum Gasteiger partial charge on any atom is 0.226 e. The number of carbonyl (C=O) groups is 1. The fourth-order valence-electron chi connectivity index (χ4n) is 2.60. The van der Waals surface area contributed by atoms with Gasteiger partial charge in [0.2, 0.25) is 5.91 Å². The van der Waals surface area contributed by atoms with Gasteiger partial charge in [0.05, 0.1) is 6.04 Å². The number of amides is 1. The van der Waals surface area contributed by atoms with Gasteiger partial charge in [0.25, 0.3) is 0 Å². The summed E-state index contributed by atoms with van der Waals surface area (Å²) in [6.45, 7) is 8.07. The third kappa shape index (κ3) is 3.35. The van der Waals surface area contributed by atoms with Gasteiger partial charge in [-0.25, -0.2) is 0 Å². The first-order chi connectivity index (χ1) is 9.01. The van der Waals surface area contributed by atoms with Gasteiger partial charge in [0.15, 0.2) is 0 Å². The monoisotopic (exact) mass is 260 g/mol. The van der Waals surface area contributed by atoms with Crippen LogP contribution in [0, 0.1) is 12.3 Å². The predicted octanol–water partition coefficient (Wildman–Crippen LogP) is 2.56. The van der Waals surface area contributed by atoms with Crippen molar-refractivity contribution < 1.29 is 4.79 Å². The molecule has 0 saturated carbocycles. The smallest absolute Gasteiger partial charge is 0.226 e. The third-order valence-corrected chi connectivity index (χ3v) is 4.15. The molecule has 1 heterocycles. The van der Waals surface area contributed by atoms with Crippen LogP contribution in [0.3, 0.4) is 0 Å². The van der Waals surface area contributed by atoms with Crippen molar-refractivity contribution in [2.24, 2.45) is 5.41 Å². The van der Waals surface area contributed by atoms with Gasteiger partial charge < -0.3 is 10.6 Å². The molecule has 0 aromatic heterocycles. The molecule has 1 fully saturated rings. The van der Waals surface area contributed by atoms with Crippen molar-refractivity contribution in [1.82, 2.24) is 10.6 Å². The van der Waals surface area contributed by atoms with E-state index in [1.807, 2.05) is 6.07 Å². The topological polar surface area (TPSA) is 41.1 Å². The van der Waals surface area contributed by atoms with Gasteiger partial charge in [0.1, 0.15) is 0 Å². The molecule has 1 aliphatic heterocycles. The highest BCUT2D eigenvalue weighted by Gasteiger charge is 2.35. The molecule has 2 rings (SSSR count). The number of benzene rings is 1. The first kappa shape index (κ1) is 14.1. The van der Waals surface area contributed by atoms with Gasteiger partial charge >= 0.3 is 0 Å². The predicted molar refractivity (Wildman–Crippen MR) is 77.9 cm³/mol. The summed E-state index contributed by atoms with van der Waals surface area (Å²) in [7, 11) is 0. The Morgan fingerprint density at radius 1 is 1.37 bits per heavy atom. The van der Waals surface area contributed by atoms with Crippen molar-refractivity contribution in [3.8, 4) is 0 Å². The highest BCUT2D eigenvalue weighted by atomic mass is 16.2. The molecule has 0 bridgehead atoms. The summed E-state index contributed by atoms with van der Waals surface area (Å²) in [6, 6.07) is 8.39. The summed E-state index contributed by atoms with van der Waals surface area (Å²) in [5.41, 5.74) is 2.18. The van der Waals surface area contributed by atoms with E-state index in [1.54, 1.807) is 0 Å². The molecule has 1 aliphatic rings. The summed E-state index contributed by atoms with van der Waals surface area (Å²) in [5.74, 6) is 0.183. The summed E-state index contributed by atoms with van der Waals surface area (Å²) in [5, 5.41) is 6.47. The Morgan fingerprint density at radius 2 is 2.05 bits per heavy atom. The first-order valence-corrected chi connectivity index (χ1v) is 7.09. The Bertz CT molecular complexity index is 450. The fraction of sp³-hybridized carbons (Fsp3) is 0.562. The lowest BCUT2D eigenvalue weighted by molar-refractivity contribution is -0.132. The van der Waals surface area contributed by atoms with E-state index in [0.29, 0.717) is 0 Å². The maximum atomic E-state index is 12.4. The van der Waals surface area contributed by atoms with Crippen LogP contribution in [0.1, 0.15) is 43.9 Å². The Hall–Kier alpha value is -1.35. The molecule has 3 heteroatoms. The van der Waals surface area contributed by atoms with Crippen molar-refractivity contribution in [3.63, 3.8) is 0 Å². The zero-order chi connectivity index (χ0) is 13.9. The zero-order valence-corrected chi connectivity index (χ0v) is 12.1. The second-order valence-corrected chi connectivity index (χ2v) is 5.92. The summed E-state index contributed by atoms with van der Waals surface area (Å²) in [4.78, 5) is 12.4. The standard InChI is InChI=1S/C16H24N2O/c1-12-5-4-6-14(11-12)13(2)18-15(19)16(3)7-9-17-10-8-16/h4-6,11,13,17H,7-10H2,1-3H3,(H,18,19)/t13-/m1/s1. The van der Waals surface area contributed by atoms with E-state index in [9.17, 15) is 4.79 Å². The largest absolute Gasteiger partial charge is 0.349 e. The average Bonchev–Trinajstić information content (AvgIpc) is 2.39. The Balaban J connectivity index is 2.02. The normalized spacial score (nSPS) is 19.7. The molecule has 1 saturated heterocycles. The second-order valence-electron chi connectivity index (χ2n) is 5.92. The van der Waals surface area contributed by atoms with Crippen LogP contribution in [0.5, 0.6) is 0 Å². The van der Waals surface area contributed by atoms with Crippen LogP contribution in [0.15, 0.2) is 24.3 Å². The first-order valence-electron chi connectivity index (χ1n) is 7.09. The highest BCUT2D eigenvalue weighted by molar-refractivity contribution is 5.82. The minimum atomic E-state index is -0.219. The molecule has 0 unspecified atom stereocenters. The molecule has 0 radical (unpaired) electrons. The number of hydrogen-bond acceptors (Lipinski definition) is 2. The Labute approximate surface area is 115 Å². The molecule has 1 aromatic carbocycles. The van der Waals surface area contributed by atoms with E-state index in [0.717, 1.165) is 25.9 Å². The van der Waals surface area contributed by atoms with Crippen molar-refractivity contribution >= 4 is 5.91 Å². The van der Waals surface area contributed by atoms with Crippen LogP contribution in [0.4, 0.5) is 0 Å². The summed E-state index contributed by atoms with van der Waals surface area (Å²) < 4.78 is 0. The van der Waals surface area contributed by atoms with Crippen molar-refractivity contribution in [1.29, 1.82) is 0 Å². The van der Waals surface area contributed by atoms with Crippen molar-refractivity contribution in [2.75, 3.05) is 13.1 Å². The van der Waals surface area contributed by atoms with E-state index < -0.39 is 0 Å².